The summed E-state index contributed by atoms with van der Waals surface area (Å²) in [7, 11) is 1.25. The monoisotopic (exact) mass is 1110 g/mol. The van der Waals surface area contributed by atoms with Crippen molar-refractivity contribution >= 4 is 12.0 Å². The lowest BCUT2D eigenvalue weighted by Crippen LogP contribution is -2.65. The number of benzene rings is 3. The van der Waals surface area contributed by atoms with Gasteiger partial charge in [-0.2, -0.15) is 0 Å². The zero-order valence-corrected chi connectivity index (χ0v) is 40.7. The second kappa shape index (κ2) is 24.6. The number of carbonyl (C=O) groups excluding carboxylic acids is 1. The van der Waals surface area contributed by atoms with Gasteiger partial charge in [0.25, 0.3) is 0 Å². The number of fused-ring (bicyclic) bond motifs is 1. The van der Waals surface area contributed by atoms with E-state index in [1.807, 2.05) is 0 Å². The second-order valence-electron chi connectivity index (χ2n) is 18.4. The number of phenolic OH excluding ortho intramolecular Hbond substituents is 2. The first-order valence-electron chi connectivity index (χ1n) is 23.9. The van der Waals surface area contributed by atoms with Crippen LogP contribution in [-0.2, 0) is 33.2 Å². The molecule has 29 heteroatoms. The van der Waals surface area contributed by atoms with E-state index in [9.17, 15) is 91.3 Å². The number of methoxy groups -OCH3 is 1. The van der Waals surface area contributed by atoms with Crippen LogP contribution in [-0.4, -0.2) is 244 Å². The minimum atomic E-state index is -2.14. The molecule has 20 unspecified atom stereocenters. The molecule has 0 saturated carbocycles. The number of hydrogen-bond donors (Lipinski definition) is 16. The molecule has 16 N–H and O–H groups in total. The average Bonchev–Trinajstić information content (AvgIpc) is 3.45. The lowest BCUT2D eigenvalue weighted by molar-refractivity contribution is -0.358. The van der Waals surface area contributed by atoms with E-state index in [-0.39, 0.29) is 57.0 Å². The third-order valence-electron chi connectivity index (χ3n) is 13.2. The topological polar surface area (TPSA) is 463 Å². The van der Waals surface area contributed by atoms with Crippen molar-refractivity contribution in [2.45, 2.75) is 123 Å². The fourth-order valence-corrected chi connectivity index (χ4v) is 8.79. The van der Waals surface area contributed by atoms with E-state index in [1.54, 1.807) is 0 Å². The van der Waals surface area contributed by atoms with Gasteiger partial charge in [-0.1, -0.05) is 6.07 Å². The third kappa shape index (κ3) is 12.1. The van der Waals surface area contributed by atoms with Crippen LogP contribution in [0.25, 0.3) is 28.7 Å². The van der Waals surface area contributed by atoms with Gasteiger partial charge in [0.15, 0.2) is 52.3 Å². The van der Waals surface area contributed by atoms with Crippen LogP contribution >= 0.6 is 0 Å². The van der Waals surface area contributed by atoms with Crippen LogP contribution in [0.2, 0.25) is 0 Å². The van der Waals surface area contributed by atoms with Crippen molar-refractivity contribution in [2.24, 2.45) is 0 Å². The minimum absolute atomic E-state index is 0.0819. The highest BCUT2D eigenvalue weighted by Crippen LogP contribution is 2.45. The maximum absolute atomic E-state index is 13.1. The van der Waals surface area contributed by atoms with Crippen LogP contribution in [0.15, 0.2) is 69.9 Å². The number of aromatic hydroxyl groups is 2. The van der Waals surface area contributed by atoms with Gasteiger partial charge in [0.1, 0.15) is 110 Å². The molecule has 78 heavy (non-hydrogen) atoms. The molecule has 428 valence electrons. The Morgan fingerprint density at radius 3 is 1.65 bits per heavy atom. The maximum Gasteiger partial charge on any atom is 0.330 e. The molecule has 20 atom stereocenters. The molecule has 0 aromatic heterocycles. The smallest absolute Gasteiger partial charge is 0.330 e. The van der Waals surface area contributed by atoms with Gasteiger partial charge >= 0.3 is 5.97 Å². The Balaban J connectivity index is 1.04. The van der Waals surface area contributed by atoms with E-state index in [0.717, 1.165) is 24.3 Å². The number of ether oxygens (including phenoxy) is 10. The van der Waals surface area contributed by atoms with Crippen LogP contribution in [0.4, 0.5) is 0 Å². The van der Waals surface area contributed by atoms with Gasteiger partial charge in [-0.25, -0.2) is 4.79 Å². The normalized spacial score (nSPS) is 35.3. The summed E-state index contributed by atoms with van der Waals surface area (Å²) in [6.45, 7) is -3.33. The highest BCUT2D eigenvalue weighted by atomic mass is 16.8. The molecular weight excluding hydrogens is 1050 g/mol. The standard InChI is InChI=1S/C49H58O29/c1-68-25-9-18(4-6-21(25)54)44-27(12-20-23(70-44)10-19(53)11-24(20)71-46-41(65)37(61)33(57)28(13-50)74-46)73-49-45(40(64)35(59)30(15-52)76-49)78-48-43(67)39(63)36(60)31(77-48)16-69-32(56)7-3-17-2-5-22(55)26(8-17)72-47-42(66)38(62)34(58)29(14-51)75-47/h2-12,28-31,33-43,45-52,54-55,57-67H,13-16H2,1H3. The first kappa shape index (κ1) is 58.3. The van der Waals surface area contributed by atoms with Crippen molar-refractivity contribution in [1.82, 2.24) is 0 Å². The molecule has 0 bridgehead atoms. The lowest BCUT2D eigenvalue weighted by Gasteiger charge is -2.46. The molecule has 5 heterocycles. The van der Waals surface area contributed by atoms with E-state index in [2.05, 4.69) is 0 Å². The van der Waals surface area contributed by atoms with E-state index in [0.29, 0.717) is 0 Å². The lowest BCUT2D eigenvalue weighted by atomic mass is 9.97. The zero-order valence-electron chi connectivity index (χ0n) is 40.7. The Hall–Kier alpha value is -5.88. The first-order chi connectivity index (χ1) is 37.2. The van der Waals surface area contributed by atoms with Gasteiger partial charge in [-0.05, 0) is 48.0 Å². The Bertz CT molecular complexity index is 2730. The van der Waals surface area contributed by atoms with Crippen molar-refractivity contribution in [1.29, 1.82) is 0 Å². The molecule has 0 amide bonds. The summed E-state index contributed by atoms with van der Waals surface area (Å²) in [5.41, 5.74) is -0.567. The number of aliphatic hydroxyl groups excluding tert-OH is 14. The number of aliphatic hydroxyl groups is 14. The van der Waals surface area contributed by atoms with Crippen molar-refractivity contribution < 1.29 is 138 Å². The molecular formula is C49H58O29. The maximum atomic E-state index is 13.1. The predicted octanol–water partition coefficient (Wildman–Crippen LogP) is -5.54. The molecule has 2 aromatic rings. The van der Waals surface area contributed by atoms with Gasteiger partial charge < -0.3 is 133 Å². The fourth-order valence-electron chi connectivity index (χ4n) is 8.79. The van der Waals surface area contributed by atoms with Gasteiger partial charge in [0.05, 0.1) is 32.5 Å². The molecule has 8 rings (SSSR count). The van der Waals surface area contributed by atoms with Gasteiger partial charge in [0.2, 0.25) is 18.9 Å². The van der Waals surface area contributed by atoms with Crippen LogP contribution in [0.1, 0.15) is 5.56 Å². The molecule has 0 spiro atoms. The SMILES string of the molecule is COc1cc(-c2oc3cc(=O)cc(OC4OC(CO)C(O)C(O)C4O)c-3cc2OC2OC(CO)C(O)C(O)C2OC2OC(COC(=O)C=Cc3ccc(O)c(OC4OC(CO)C(O)C(O)C4O)c3)C(O)C(O)C2O)ccc1O. The van der Waals surface area contributed by atoms with Crippen LogP contribution in [0.5, 0.6) is 34.5 Å². The third-order valence-corrected chi connectivity index (χ3v) is 13.2. The largest absolute Gasteiger partial charge is 0.504 e. The number of carbonyl (C=O) groups is 1. The first-order valence-corrected chi connectivity index (χ1v) is 23.9. The Kier molecular flexibility index (Phi) is 18.4. The Labute approximate surface area is 439 Å². The summed E-state index contributed by atoms with van der Waals surface area (Å²) < 4.78 is 62.8. The van der Waals surface area contributed by atoms with Crippen LogP contribution < -0.4 is 24.4 Å². The summed E-state index contributed by atoms with van der Waals surface area (Å²) in [5.74, 6) is -3.50. The molecule has 4 saturated heterocycles. The number of phenols is 2. The van der Waals surface area contributed by atoms with E-state index in [1.165, 1.54) is 49.6 Å². The van der Waals surface area contributed by atoms with Gasteiger partial charge in [-0.15, -0.1) is 0 Å². The Morgan fingerprint density at radius 2 is 1.05 bits per heavy atom. The van der Waals surface area contributed by atoms with E-state index >= 15 is 0 Å². The average molecular weight is 1110 g/mol. The zero-order chi connectivity index (χ0) is 56.4. The van der Waals surface area contributed by atoms with Gasteiger partial charge in [-0.3, -0.25) is 4.79 Å². The van der Waals surface area contributed by atoms with E-state index in [4.69, 9.17) is 51.8 Å². The predicted molar refractivity (Wildman–Crippen MR) is 252 cm³/mol. The summed E-state index contributed by atoms with van der Waals surface area (Å²) in [6, 6.07) is 10.7. The van der Waals surface area contributed by atoms with Crippen molar-refractivity contribution in [3.63, 3.8) is 0 Å². The number of esters is 1. The summed E-state index contributed by atoms with van der Waals surface area (Å²) in [5, 5.41) is 168. The minimum Gasteiger partial charge on any atom is -0.504 e. The quantitative estimate of drug-likeness (QED) is 0.0346. The second-order valence-corrected chi connectivity index (χ2v) is 18.4. The molecule has 29 nitrogen and oxygen atoms in total. The fraction of sp³-hybridized carbons (Fsp3) is 0.510. The van der Waals surface area contributed by atoms with Crippen LogP contribution in [0, 0.1) is 0 Å². The number of hydrogen-bond acceptors (Lipinski definition) is 29. The molecule has 2 aromatic carbocycles. The highest BCUT2D eigenvalue weighted by molar-refractivity contribution is 5.87. The molecule has 1 aliphatic carbocycles. The number of rotatable bonds is 17. The molecule has 0 radical (unpaired) electrons. The van der Waals surface area contributed by atoms with Crippen molar-refractivity contribution in [3.05, 3.63) is 76.5 Å². The highest BCUT2D eigenvalue weighted by Gasteiger charge is 2.52. The van der Waals surface area contributed by atoms with Crippen LogP contribution in [0.3, 0.4) is 0 Å². The summed E-state index contributed by atoms with van der Waals surface area (Å²) in [6.07, 6.45) is -34.6. The Morgan fingerprint density at radius 1 is 0.538 bits per heavy atom. The van der Waals surface area contributed by atoms with E-state index < -0.39 is 166 Å². The molecule has 5 aliphatic heterocycles. The molecule has 6 aliphatic rings. The molecule has 4 fully saturated rings. The summed E-state index contributed by atoms with van der Waals surface area (Å²) >= 11 is 0. The van der Waals surface area contributed by atoms with Crippen molar-refractivity contribution in [3.8, 4) is 57.1 Å². The van der Waals surface area contributed by atoms with Gasteiger partial charge in [0, 0.05) is 23.8 Å². The summed E-state index contributed by atoms with van der Waals surface area (Å²) in [4.78, 5) is 26.1. The van der Waals surface area contributed by atoms with Crippen molar-refractivity contribution in [2.75, 3.05) is 33.5 Å².